The monoisotopic (exact) mass is 246 g/mol. The molecule has 3 rings (SSSR count). The number of nitrogen functional groups attached to an aromatic ring is 1. The second kappa shape index (κ2) is 4.57. The smallest absolute Gasteiger partial charge is 0.272 e. The summed E-state index contributed by atoms with van der Waals surface area (Å²) in [4.78, 5) is 18.5. The lowest BCUT2D eigenvalue weighted by Crippen LogP contribution is -2.30. The Balaban J connectivity index is 1.74. The fraction of sp³-hybridized carbons (Fsp3) is 0.538. The van der Waals surface area contributed by atoms with Crippen LogP contribution in [0.2, 0.25) is 0 Å². The van der Waals surface area contributed by atoms with E-state index in [0.29, 0.717) is 23.3 Å². The molecule has 2 aliphatic rings. The molecule has 1 aromatic rings. The Kier molecular flexibility index (Phi) is 2.91. The molecule has 1 saturated carbocycles. The van der Waals surface area contributed by atoms with E-state index in [2.05, 4.69) is 10.4 Å². The van der Waals surface area contributed by atoms with Crippen LogP contribution in [-0.4, -0.2) is 28.9 Å². The third kappa shape index (κ3) is 1.95. The second-order valence-corrected chi connectivity index (χ2v) is 5.21. The minimum atomic E-state index is 0.0292. The van der Waals surface area contributed by atoms with E-state index in [4.69, 9.17) is 5.84 Å². The Morgan fingerprint density at radius 1 is 1.33 bits per heavy atom. The summed E-state index contributed by atoms with van der Waals surface area (Å²) in [7, 11) is 0. The van der Waals surface area contributed by atoms with Gasteiger partial charge in [0, 0.05) is 13.1 Å². The molecule has 18 heavy (non-hydrogen) atoms. The zero-order chi connectivity index (χ0) is 12.5. The predicted octanol–water partition coefficient (Wildman–Crippen LogP) is 1.24. The van der Waals surface area contributed by atoms with E-state index in [1.54, 1.807) is 18.2 Å². The molecule has 2 unspecified atom stereocenters. The molecular weight excluding hydrogens is 228 g/mol. The minimum Gasteiger partial charge on any atom is -0.337 e. The zero-order valence-electron chi connectivity index (χ0n) is 10.3. The van der Waals surface area contributed by atoms with E-state index in [9.17, 15) is 4.79 Å². The van der Waals surface area contributed by atoms with Crippen molar-refractivity contribution in [3.05, 3.63) is 23.9 Å². The molecule has 3 N–H and O–H groups in total. The van der Waals surface area contributed by atoms with Gasteiger partial charge in [-0.2, -0.15) is 0 Å². The van der Waals surface area contributed by atoms with Gasteiger partial charge < -0.3 is 10.3 Å². The van der Waals surface area contributed by atoms with Gasteiger partial charge in [0.25, 0.3) is 5.91 Å². The third-order valence-corrected chi connectivity index (χ3v) is 4.13. The lowest BCUT2D eigenvalue weighted by molar-refractivity contribution is 0.0775. The van der Waals surface area contributed by atoms with Crippen LogP contribution >= 0.6 is 0 Å². The molecule has 0 radical (unpaired) electrons. The summed E-state index contributed by atoms with van der Waals surface area (Å²) in [6.07, 6.45) is 3.86. The Bertz CT molecular complexity index is 450. The van der Waals surface area contributed by atoms with Crippen molar-refractivity contribution in [1.29, 1.82) is 0 Å². The van der Waals surface area contributed by atoms with Gasteiger partial charge in [-0.3, -0.25) is 4.79 Å². The average molecular weight is 246 g/mol. The van der Waals surface area contributed by atoms with E-state index >= 15 is 0 Å². The number of anilines is 1. The number of carbonyl (C=O) groups is 1. The zero-order valence-corrected chi connectivity index (χ0v) is 10.3. The summed E-state index contributed by atoms with van der Waals surface area (Å²) in [5.74, 6) is 7.29. The fourth-order valence-corrected chi connectivity index (χ4v) is 3.20. The van der Waals surface area contributed by atoms with Crippen LogP contribution < -0.4 is 11.3 Å². The van der Waals surface area contributed by atoms with Crippen LogP contribution in [0.1, 0.15) is 29.8 Å². The molecule has 1 aromatic heterocycles. The Morgan fingerprint density at radius 3 is 2.72 bits per heavy atom. The highest BCUT2D eigenvalue weighted by Gasteiger charge is 2.38. The average Bonchev–Trinajstić information content (AvgIpc) is 2.98. The molecular formula is C13H18N4O. The fourth-order valence-electron chi connectivity index (χ4n) is 3.20. The van der Waals surface area contributed by atoms with Gasteiger partial charge >= 0.3 is 0 Å². The number of amides is 1. The summed E-state index contributed by atoms with van der Waals surface area (Å²) >= 11 is 0. The van der Waals surface area contributed by atoms with Crippen LogP contribution in [0.3, 0.4) is 0 Å². The molecule has 2 atom stereocenters. The van der Waals surface area contributed by atoms with Crippen molar-refractivity contribution in [3.63, 3.8) is 0 Å². The summed E-state index contributed by atoms with van der Waals surface area (Å²) in [5, 5.41) is 0. The van der Waals surface area contributed by atoms with E-state index in [1.165, 1.54) is 19.3 Å². The van der Waals surface area contributed by atoms with Crippen molar-refractivity contribution < 1.29 is 4.79 Å². The maximum Gasteiger partial charge on any atom is 0.272 e. The van der Waals surface area contributed by atoms with E-state index in [-0.39, 0.29) is 5.91 Å². The Hall–Kier alpha value is -1.62. The first kappa shape index (κ1) is 11.5. The second-order valence-electron chi connectivity index (χ2n) is 5.21. The van der Waals surface area contributed by atoms with Crippen LogP contribution in [0.4, 0.5) is 5.82 Å². The number of fused-ring (bicyclic) bond motifs is 1. The van der Waals surface area contributed by atoms with Crippen LogP contribution in [0.5, 0.6) is 0 Å². The van der Waals surface area contributed by atoms with Gasteiger partial charge in [0.05, 0.1) is 0 Å². The lowest BCUT2D eigenvalue weighted by atomic mass is 10.0. The molecule has 5 nitrogen and oxygen atoms in total. The Labute approximate surface area is 106 Å². The number of nitrogens with one attached hydrogen (secondary N) is 1. The molecule has 1 aliphatic heterocycles. The number of hydrogen-bond acceptors (Lipinski definition) is 4. The molecule has 0 bridgehead atoms. The molecule has 2 fully saturated rings. The van der Waals surface area contributed by atoms with Crippen molar-refractivity contribution in [1.82, 2.24) is 9.88 Å². The standard InChI is InChI=1S/C13H18N4O/c14-16-12-6-2-5-11(15-12)13(18)17-7-9-3-1-4-10(9)8-17/h2,5-6,9-10H,1,3-4,7-8,14H2,(H,15,16). The van der Waals surface area contributed by atoms with Crippen molar-refractivity contribution in [2.45, 2.75) is 19.3 Å². The predicted molar refractivity (Wildman–Crippen MR) is 68.8 cm³/mol. The molecule has 0 spiro atoms. The Morgan fingerprint density at radius 2 is 2.06 bits per heavy atom. The van der Waals surface area contributed by atoms with Crippen LogP contribution in [0, 0.1) is 11.8 Å². The first-order valence-electron chi connectivity index (χ1n) is 6.51. The minimum absolute atomic E-state index is 0.0292. The number of nitrogens with two attached hydrogens (primary N) is 1. The summed E-state index contributed by atoms with van der Waals surface area (Å²) in [5.41, 5.74) is 2.95. The van der Waals surface area contributed by atoms with Gasteiger partial charge in [-0.05, 0) is 36.8 Å². The maximum absolute atomic E-state index is 12.3. The number of nitrogens with zero attached hydrogens (tertiary/aromatic N) is 2. The van der Waals surface area contributed by atoms with Gasteiger partial charge in [-0.1, -0.05) is 12.5 Å². The number of aromatic nitrogens is 1. The number of hydrogen-bond donors (Lipinski definition) is 2. The molecule has 0 aromatic carbocycles. The molecule has 96 valence electrons. The first-order chi connectivity index (χ1) is 8.78. The molecule has 1 saturated heterocycles. The van der Waals surface area contributed by atoms with Crippen LogP contribution in [0.25, 0.3) is 0 Å². The van der Waals surface area contributed by atoms with E-state index in [1.807, 2.05) is 4.90 Å². The quantitative estimate of drug-likeness (QED) is 0.608. The van der Waals surface area contributed by atoms with Crippen molar-refractivity contribution in [2.75, 3.05) is 18.5 Å². The molecule has 2 heterocycles. The van der Waals surface area contributed by atoms with Gasteiger partial charge in [0.1, 0.15) is 11.5 Å². The van der Waals surface area contributed by atoms with Gasteiger partial charge in [0.15, 0.2) is 0 Å². The van der Waals surface area contributed by atoms with Crippen LogP contribution in [-0.2, 0) is 0 Å². The number of pyridine rings is 1. The van der Waals surface area contributed by atoms with Gasteiger partial charge in [-0.25, -0.2) is 10.8 Å². The lowest BCUT2D eigenvalue weighted by Gasteiger charge is -2.17. The number of carbonyl (C=O) groups excluding carboxylic acids is 1. The van der Waals surface area contributed by atoms with E-state index < -0.39 is 0 Å². The normalized spacial score (nSPS) is 26.2. The number of rotatable bonds is 2. The van der Waals surface area contributed by atoms with Crippen molar-refractivity contribution >= 4 is 11.7 Å². The van der Waals surface area contributed by atoms with Gasteiger partial charge in [0.2, 0.25) is 0 Å². The van der Waals surface area contributed by atoms with Crippen LogP contribution in [0.15, 0.2) is 18.2 Å². The van der Waals surface area contributed by atoms with Crippen molar-refractivity contribution in [2.24, 2.45) is 17.7 Å². The van der Waals surface area contributed by atoms with Crippen molar-refractivity contribution in [3.8, 4) is 0 Å². The van der Waals surface area contributed by atoms with E-state index in [0.717, 1.165) is 13.1 Å². The van der Waals surface area contributed by atoms with Gasteiger partial charge in [-0.15, -0.1) is 0 Å². The number of likely N-dealkylation sites (tertiary alicyclic amines) is 1. The summed E-state index contributed by atoms with van der Waals surface area (Å²) < 4.78 is 0. The summed E-state index contributed by atoms with van der Waals surface area (Å²) in [6.45, 7) is 1.79. The first-order valence-corrected chi connectivity index (χ1v) is 6.51. The highest BCUT2D eigenvalue weighted by molar-refractivity contribution is 5.92. The SMILES string of the molecule is NNc1cccc(C(=O)N2CC3CCCC3C2)n1. The topological polar surface area (TPSA) is 71.2 Å². The highest BCUT2D eigenvalue weighted by Crippen LogP contribution is 2.38. The number of hydrazine groups is 1. The molecule has 5 heteroatoms. The highest BCUT2D eigenvalue weighted by atomic mass is 16.2. The molecule has 1 amide bonds. The largest absolute Gasteiger partial charge is 0.337 e. The maximum atomic E-state index is 12.3. The summed E-state index contributed by atoms with van der Waals surface area (Å²) in [6, 6.07) is 5.29. The molecule has 1 aliphatic carbocycles. The third-order valence-electron chi connectivity index (χ3n) is 4.13.